The van der Waals surface area contributed by atoms with Gasteiger partial charge in [-0.3, -0.25) is 0 Å². The van der Waals surface area contributed by atoms with Crippen molar-refractivity contribution in [1.82, 2.24) is 4.31 Å². The third-order valence-electron chi connectivity index (χ3n) is 1.99. The largest absolute Gasteiger partial charge is 0.214 e. The Morgan fingerprint density at radius 3 is 2.33 bits per heavy atom. The number of sulfonamides is 1. The summed E-state index contributed by atoms with van der Waals surface area (Å²) < 4.78 is 24.6. The molecule has 0 bridgehead atoms. The SMILES string of the molecule is O=S(=O)(CCCBr)N1CCCC1. The fourth-order valence-electron chi connectivity index (χ4n) is 1.33. The van der Waals surface area contributed by atoms with Gasteiger partial charge in [0.25, 0.3) is 0 Å². The first-order chi connectivity index (χ1) is 5.67. The van der Waals surface area contributed by atoms with Crippen LogP contribution in [-0.2, 0) is 10.0 Å². The fraction of sp³-hybridized carbons (Fsp3) is 1.00. The average Bonchev–Trinajstić information content (AvgIpc) is 2.53. The van der Waals surface area contributed by atoms with E-state index in [1.165, 1.54) is 0 Å². The van der Waals surface area contributed by atoms with E-state index in [0.29, 0.717) is 6.42 Å². The summed E-state index contributed by atoms with van der Waals surface area (Å²) in [6, 6.07) is 0. The van der Waals surface area contributed by atoms with Gasteiger partial charge in [-0.25, -0.2) is 12.7 Å². The minimum absolute atomic E-state index is 0.290. The summed E-state index contributed by atoms with van der Waals surface area (Å²) in [4.78, 5) is 0. The van der Waals surface area contributed by atoms with E-state index in [0.717, 1.165) is 31.3 Å². The van der Waals surface area contributed by atoms with Gasteiger partial charge >= 0.3 is 0 Å². The van der Waals surface area contributed by atoms with Gasteiger partial charge in [0, 0.05) is 18.4 Å². The Kier molecular flexibility index (Phi) is 3.99. The van der Waals surface area contributed by atoms with E-state index in [2.05, 4.69) is 15.9 Å². The predicted octanol–water partition coefficient (Wildman–Crippen LogP) is 1.20. The van der Waals surface area contributed by atoms with Crippen molar-refractivity contribution >= 4 is 26.0 Å². The molecule has 0 aliphatic carbocycles. The second-order valence-electron chi connectivity index (χ2n) is 2.96. The molecule has 12 heavy (non-hydrogen) atoms. The maximum atomic E-state index is 11.5. The molecule has 1 rings (SSSR count). The molecule has 1 aliphatic heterocycles. The number of hydrogen-bond acceptors (Lipinski definition) is 2. The van der Waals surface area contributed by atoms with Gasteiger partial charge in [0.1, 0.15) is 0 Å². The Morgan fingerprint density at radius 1 is 1.25 bits per heavy atom. The van der Waals surface area contributed by atoms with Gasteiger partial charge in [0.05, 0.1) is 5.75 Å². The Bertz CT molecular complexity index is 222. The molecule has 0 radical (unpaired) electrons. The molecule has 1 heterocycles. The van der Waals surface area contributed by atoms with E-state index < -0.39 is 10.0 Å². The van der Waals surface area contributed by atoms with Crippen LogP contribution in [0.15, 0.2) is 0 Å². The molecule has 0 aromatic rings. The van der Waals surface area contributed by atoms with Crippen molar-refractivity contribution in [3.8, 4) is 0 Å². The van der Waals surface area contributed by atoms with Gasteiger partial charge in [-0.15, -0.1) is 0 Å². The summed E-state index contributed by atoms with van der Waals surface area (Å²) in [6.45, 7) is 1.45. The lowest BCUT2D eigenvalue weighted by Gasteiger charge is -2.14. The van der Waals surface area contributed by atoms with E-state index in [-0.39, 0.29) is 5.75 Å². The molecule has 1 fully saturated rings. The summed E-state index contributed by atoms with van der Waals surface area (Å²) in [6.07, 6.45) is 2.75. The lowest BCUT2D eigenvalue weighted by atomic mass is 10.4. The quantitative estimate of drug-likeness (QED) is 0.709. The number of rotatable bonds is 4. The highest BCUT2D eigenvalue weighted by Gasteiger charge is 2.24. The summed E-state index contributed by atoms with van der Waals surface area (Å²) in [5, 5.41) is 0.764. The Labute approximate surface area is 82.3 Å². The van der Waals surface area contributed by atoms with Crippen molar-refractivity contribution in [2.75, 3.05) is 24.2 Å². The monoisotopic (exact) mass is 255 g/mol. The van der Waals surface area contributed by atoms with Gasteiger partial charge in [-0.1, -0.05) is 15.9 Å². The van der Waals surface area contributed by atoms with Crippen LogP contribution in [0.2, 0.25) is 0 Å². The molecule has 1 aliphatic rings. The van der Waals surface area contributed by atoms with E-state index >= 15 is 0 Å². The Balaban J connectivity index is 2.46. The van der Waals surface area contributed by atoms with Crippen molar-refractivity contribution in [3.05, 3.63) is 0 Å². The zero-order chi connectivity index (χ0) is 9.03. The van der Waals surface area contributed by atoms with Crippen LogP contribution in [0.25, 0.3) is 0 Å². The van der Waals surface area contributed by atoms with Crippen molar-refractivity contribution < 1.29 is 8.42 Å². The third kappa shape index (κ3) is 2.71. The molecule has 0 amide bonds. The van der Waals surface area contributed by atoms with E-state index in [4.69, 9.17) is 0 Å². The summed E-state index contributed by atoms with van der Waals surface area (Å²) in [5.41, 5.74) is 0. The average molecular weight is 256 g/mol. The van der Waals surface area contributed by atoms with Crippen molar-refractivity contribution in [2.24, 2.45) is 0 Å². The lowest BCUT2D eigenvalue weighted by Crippen LogP contribution is -2.30. The smallest absolute Gasteiger partial charge is 0.212 e. The zero-order valence-corrected chi connectivity index (χ0v) is 9.40. The van der Waals surface area contributed by atoms with Crippen LogP contribution in [0, 0.1) is 0 Å². The molecule has 0 aromatic heterocycles. The molecule has 3 nitrogen and oxygen atoms in total. The van der Waals surface area contributed by atoms with Gasteiger partial charge in [-0.05, 0) is 19.3 Å². The topological polar surface area (TPSA) is 37.4 Å². The second kappa shape index (κ2) is 4.58. The summed E-state index contributed by atoms with van der Waals surface area (Å²) in [5.74, 6) is 0.290. The molecule has 0 unspecified atom stereocenters. The van der Waals surface area contributed by atoms with Crippen LogP contribution in [0.4, 0.5) is 0 Å². The molecule has 72 valence electrons. The molecule has 0 aromatic carbocycles. The van der Waals surface area contributed by atoms with Gasteiger partial charge < -0.3 is 0 Å². The highest BCUT2D eigenvalue weighted by molar-refractivity contribution is 9.09. The maximum absolute atomic E-state index is 11.5. The summed E-state index contributed by atoms with van der Waals surface area (Å²) >= 11 is 3.23. The zero-order valence-electron chi connectivity index (χ0n) is 7.00. The van der Waals surface area contributed by atoms with Crippen LogP contribution < -0.4 is 0 Å². The number of hydrogen-bond donors (Lipinski definition) is 0. The molecule has 0 N–H and O–H groups in total. The molecule has 0 saturated carbocycles. The van der Waals surface area contributed by atoms with E-state index in [1.807, 2.05) is 0 Å². The van der Waals surface area contributed by atoms with Crippen LogP contribution in [0.1, 0.15) is 19.3 Å². The molecule has 5 heteroatoms. The minimum atomic E-state index is -2.92. The van der Waals surface area contributed by atoms with Crippen molar-refractivity contribution in [1.29, 1.82) is 0 Å². The Morgan fingerprint density at radius 2 is 1.83 bits per heavy atom. The van der Waals surface area contributed by atoms with Crippen LogP contribution in [0.3, 0.4) is 0 Å². The molecule has 1 saturated heterocycles. The fourth-order valence-corrected chi connectivity index (χ4v) is 3.57. The van der Waals surface area contributed by atoms with Crippen molar-refractivity contribution in [3.63, 3.8) is 0 Å². The van der Waals surface area contributed by atoms with Gasteiger partial charge in [0.2, 0.25) is 10.0 Å². The minimum Gasteiger partial charge on any atom is -0.212 e. The molecule has 0 spiro atoms. The van der Waals surface area contributed by atoms with Crippen LogP contribution >= 0.6 is 15.9 Å². The van der Waals surface area contributed by atoms with Crippen LogP contribution in [-0.4, -0.2) is 36.9 Å². The van der Waals surface area contributed by atoms with E-state index in [1.54, 1.807) is 4.31 Å². The van der Waals surface area contributed by atoms with Crippen molar-refractivity contribution in [2.45, 2.75) is 19.3 Å². The number of halogens is 1. The maximum Gasteiger partial charge on any atom is 0.214 e. The molecular formula is C7H14BrNO2S. The third-order valence-corrected chi connectivity index (χ3v) is 4.51. The first kappa shape index (κ1) is 10.5. The number of alkyl halides is 1. The lowest BCUT2D eigenvalue weighted by molar-refractivity contribution is 0.477. The first-order valence-electron chi connectivity index (χ1n) is 4.20. The second-order valence-corrected chi connectivity index (χ2v) is 5.85. The van der Waals surface area contributed by atoms with Crippen LogP contribution in [0.5, 0.6) is 0 Å². The van der Waals surface area contributed by atoms with Gasteiger partial charge in [-0.2, -0.15) is 0 Å². The number of nitrogens with zero attached hydrogens (tertiary/aromatic N) is 1. The molecular weight excluding hydrogens is 242 g/mol. The first-order valence-corrected chi connectivity index (χ1v) is 6.93. The Hall–Kier alpha value is 0.390. The highest BCUT2D eigenvalue weighted by atomic mass is 79.9. The highest BCUT2D eigenvalue weighted by Crippen LogP contribution is 2.13. The summed E-state index contributed by atoms with van der Waals surface area (Å²) in [7, 11) is -2.92. The normalized spacial score (nSPS) is 20.1. The standard InChI is InChI=1S/C7H14BrNO2S/c8-4-3-7-12(10,11)9-5-1-2-6-9/h1-7H2. The van der Waals surface area contributed by atoms with E-state index in [9.17, 15) is 8.42 Å². The van der Waals surface area contributed by atoms with Gasteiger partial charge in [0.15, 0.2) is 0 Å². The molecule has 0 atom stereocenters. The predicted molar refractivity (Wildman–Crippen MR) is 53.0 cm³/mol.